The Balaban J connectivity index is 2.05. The van der Waals surface area contributed by atoms with Gasteiger partial charge in [-0.25, -0.2) is 0 Å². The van der Waals surface area contributed by atoms with Gasteiger partial charge in [0.25, 0.3) is 0 Å². The average molecular weight is 463 g/mol. The summed E-state index contributed by atoms with van der Waals surface area (Å²) < 4.78 is 0. The molecular formula is C25H50O3S2. The van der Waals surface area contributed by atoms with Gasteiger partial charge >= 0.3 is 0 Å². The quantitative estimate of drug-likeness (QED) is 0.201. The normalized spacial score (nSPS) is 26.6. The molecule has 3 N–H and O–H groups in total. The van der Waals surface area contributed by atoms with E-state index >= 15 is 0 Å². The van der Waals surface area contributed by atoms with Gasteiger partial charge in [-0.2, -0.15) is 23.5 Å². The number of thioether (sulfide) groups is 2. The Morgan fingerprint density at radius 2 is 1.17 bits per heavy atom. The maximum atomic E-state index is 10.6. The fraction of sp³-hybridized carbons (Fsp3) is 1.00. The van der Waals surface area contributed by atoms with Crippen LogP contribution in [0.3, 0.4) is 0 Å². The minimum atomic E-state index is -0.853. The molecule has 3 nitrogen and oxygen atoms in total. The van der Waals surface area contributed by atoms with Gasteiger partial charge in [0.1, 0.15) is 0 Å². The molecule has 0 heterocycles. The molecule has 2 unspecified atom stereocenters. The predicted molar refractivity (Wildman–Crippen MR) is 136 cm³/mol. The lowest BCUT2D eigenvalue weighted by Crippen LogP contribution is -2.43. The number of hydrogen-bond acceptors (Lipinski definition) is 5. The van der Waals surface area contributed by atoms with Gasteiger partial charge in [-0.15, -0.1) is 0 Å². The maximum absolute atomic E-state index is 10.6. The standard InChI is InChI=1S/C25H50O3S2/c1-4-5-6-12-15-23(29-2)24(30-3)16-13-10-8-7-9-11-14-17-25(28)19-21(26)18-22(27)20-25/h21-24,26-28H,4-20H2,1-3H3/t21-,22-,23?,24?/m0/s1. The van der Waals surface area contributed by atoms with Gasteiger partial charge in [0.2, 0.25) is 0 Å². The molecule has 1 rings (SSSR count). The highest BCUT2D eigenvalue weighted by atomic mass is 32.2. The summed E-state index contributed by atoms with van der Waals surface area (Å²) in [5.74, 6) is 0. The van der Waals surface area contributed by atoms with E-state index in [2.05, 4.69) is 43.0 Å². The van der Waals surface area contributed by atoms with Crippen LogP contribution < -0.4 is 0 Å². The van der Waals surface area contributed by atoms with E-state index in [0.29, 0.717) is 25.7 Å². The van der Waals surface area contributed by atoms with Crippen LogP contribution in [0.25, 0.3) is 0 Å². The molecule has 0 aliphatic heterocycles. The van der Waals surface area contributed by atoms with E-state index in [0.717, 1.165) is 23.3 Å². The molecule has 0 aromatic heterocycles. The van der Waals surface area contributed by atoms with Gasteiger partial charge in [-0.05, 0) is 38.2 Å². The van der Waals surface area contributed by atoms with Crippen molar-refractivity contribution in [3.05, 3.63) is 0 Å². The molecule has 0 spiro atoms. The highest BCUT2D eigenvalue weighted by Gasteiger charge is 2.37. The van der Waals surface area contributed by atoms with Crippen molar-refractivity contribution in [2.45, 2.75) is 144 Å². The average Bonchev–Trinajstić information content (AvgIpc) is 2.69. The van der Waals surface area contributed by atoms with Crippen LogP contribution in [0.15, 0.2) is 0 Å². The van der Waals surface area contributed by atoms with E-state index in [4.69, 9.17) is 0 Å². The third-order valence-corrected chi connectivity index (χ3v) is 9.28. The Kier molecular flexibility index (Phi) is 16.3. The molecule has 1 saturated carbocycles. The SMILES string of the molecule is CCCCCCC(SC)C(CCCCCCCCCC1(O)C[C@@H](O)C[C@H](O)C1)SC. The molecule has 1 aliphatic rings. The van der Waals surface area contributed by atoms with Crippen molar-refractivity contribution in [2.75, 3.05) is 12.5 Å². The van der Waals surface area contributed by atoms with Crippen LogP contribution in [0.1, 0.15) is 116 Å². The minimum absolute atomic E-state index is 0.413. The van der Waals surface area contributed by atoms with Crippen LogP contribution in [-0.2, 0) is 0 Å². The summed E-state index contributed by atoms with van der Waals surface area (Å²) in [6, 6.07) is 0. The molecule has 0 amide bonds. The lowest BCUT2D eigenvalue weighted by atomic mass is 9.78. The Labute approximate surface area is 195 Å². The Hall–Kier alpha value is 0.580. The number of rotatable bonds is 18. The smallest absolute Gasteiger partial charge is 0.0697 e. The van der Waals surface area contributed by atoms with Crippen LogP contribution in [0.4, 0.5) is 0 Å². The second-order valence-electron chi connectivity index (χ2n) is 9.59. The largest absolute Gasteiger partial charge is 0.393 e. The maximum Gasteiger partial charge on any atom is 0.0697 e. The molecule has 5 heteroatoms. The van der Waals surface area contributed by atoms with Gasteiger partial charge in [0, 0.05) is 23.3 Å². The molecule has 0 aromatic carbocycles. The van der Waals surface area contributed by atoms with E-state index in [1.165, 1.54) is 70.6 Å². The van der Waals surface area contributed by atoms with Crippen molar-refractivity contribution in [1.82, 2.24) is 0 Å². The lowest BCUT2D eigenvalue weighted by molar-refractivity contribution is -0.0950. The minimum Gasteiger partial charge on any atom is -0.393 e. The monoisotopic (exact) mass is 462 g/mol. The zero-order chi connectivity index (χ0) is 22.2. The van der Waals surface area contributed by atoms with E-state index < -0.39 is 17.8 Å². The Bertz CT molecular complexity index is 398. The molecule has 30 heavy (non-hydrogen) atoms. The van der Waals surface area contributed by atoms with Crippen LogP contribution in [0.2, 0.25) is 0 Å². The van der Waals surface area contributed by atoms with Crippen LogP contribution in [0.5, 0.6) is 0 Å². The fourth-order valence-corrected chi connectivity index (χ4v) is 7.36. The zero-order valence-corrected chi connectivity index (χ0v) is 21.6. The Morgan fingerprint density at radius 3 is 1.63 bits per heavy atom. The van der Waals surface area contributed by atoms with Crippen LogP contribution in [0, 0.1) is 0 Å². The molecule has 1 aliphatic carbocycles. The summed E-state index contributed by atoms with van der Waals surface area (Å²) in [7, 11) is 0. The first-order valence-electron chi connectivity index (χ1n) is 12.6. The highest BCUT2D eigenvalue weighted by molar-refractivity contribution is 8.03. The molecule has 0 saturated heterocycles. The summed E-state index contributed by atoms with van der Waals surface area (Å²) in [4.78, 5) is 0. The van der Waals surface area contributed by atoms with E-state index in [9.17, 15) is 15.3 Å². The number of aliphatic hydroxyl groups is 3. The van der Waals surface area contributed by atoms with Gasteiger partial charge < -0.3 is 15.3 Å². The third kappa shape index (κ3) is 12.6. The van der Waals surface area contributed by atoms with Crippen molar-refractivity contribution in [2.24, 2.45) is 0 Å². The molecule has 180 valence electrons. The number of aliphatic hydroxyl groups excluding tert-OH is 2. The number of hydrogen-bond donors (Lipinski definition) is 3. The van der Waals surface area contributed by atoms with Gasteiger partial charge in [-0.1, -0.05) is 77.6 Å². The van der Waals surface area contributed by atoms with Crippen molar-refractivity contribution >= 4 is 23.5 Å². The molecule has 0 aromatic rings. The van der Waals surface area contributed by atoms with Crippen molar-refractivity contribution in [3.8, 4) is 0 Å². The molecular weight excluding hydrogens is 412 g/mol. The van der Waals surface area contributed by atoms with Crippen molar-refractivity contribution in [3.63, 3.8) is 0 Å². The molecule has 0 radical (unpaired) electrons. The summed E-state index contributed by atoms with van der Waals surface area (Å²) in [5, 5.41) is 31.8. The van der Waals surface area contributed by atoms with Gasteiger partial charge in [-0.3, -0.25) is 0 Å². The zero-order valence-electron chi connectivity index (χ0n) is 20.0. The topological polar surface area (TPSA) is 60.7 Å². The first kappa shape index (κ1) is 28.6. The van der Waals surface area contributed by atoms with E-state index in [1.54, 1.807) is 0 Å². The first-order chi connectivity index (χ1) is 14.4. The van der Waals surface area contributed by atoms with Gasteiger partial charge in [0.05, 0.1) is 17.8 Å². The summed E-state index contributed by atoms with van der Waals surface area (Å²) >= 11 is 4.15. The second kappa shape index (κ2) is 17.1. The van der Waals surface area contributed by atoms with Crippen molar-refractivity contribution in [1.29, 1.82) is 0 Å². The summed E-state index contributed by atoms with van der Waals surface area (Å²) in [5.41, 5.74) is -0.853. The Morgan fingerprint density at radius 1 is 0.733 bits per heavy atom. The molecule has 0 bridgehead atoms. The second-order valence-corrected chi connectivity index (χ2v) is 11.7. The lowest BCUT2D eigenvalue weighted by Gasteiger charge is -2.37. The number of unbranched alkanes of at least 4 members (excludes halogenated alkanes) is 9. The van der Waals surface area contributed by atoms with E-state index in [1.807, 2.05) is 0 Å². The summed E-state index contributed by atoms with van der Waals surface area (Å²) in [6.45, 7) is 2.28. The van der Waals surface area contributed by atoms with Crippen LogP contribution >= 0.6 is 23.5 Å². The highest BCUT2D eigenvalue weighted by Crippen LogP contribution is 2.33. The van der Waals surface area contributed by atoms with E-state index in [-0.39, 0.29) is 0 Å². The predicted octanol–water partition coefficient (Wildman–Crippen LogP) is 6.57. The van der Waals surface area contributed by atoms with Gasteiger partial charge in [0.15, 0.2) is 0 Å². The summed E-state index contributed by atoms with van der Waals surface area (Å²) in [6.07, 6.45) is 22.4. The first-order valence-corrected chi connectivity index (χ1v) is 15.2. The van der Waals surface area contributed by atoms with Crippen molar-refractivity contribution < 1.29 is 15.3 Å². The van der Waals surface area contributed by atoms with Crippen LogP contribution in [-0.4, -0.2) is 56.1 Å². The molecule has 4 atom stereocenters. The third-order valence-electron chi connectivity index (χ3n) is 6.77. The fourth-order valence-electron chi connectivity index (χ4n) is 5.01. The molecule has 1 fully saturated rings.